The molecule has 0 fully saturated rings. The van der Waals surface area contributed by atoms with Crippen LogP contribution in [0.5, 0.6) is 0 Å². The summed E-state index contributed by atoms with van der Waals surface area (Å²) in [5, 5.41) is 63.9. The maximum Gasteiger partial charge on any atom is 0.104 e. The van der Waals surface area contributed by atoms with Crippen LogP contribution < -0.4 is 0 Å². The molecule has 0 bridgehead atoms. The van der Waals surface area contributed by atoms with Crippen LogP contribution in [0.15, 0.2) is 303 Å². The van der Waals surface area contributed by atoms with Gasteiger partial charge in [0.2, 0.25) is 0 Å². The molecule has 4 heterocycles. The van der Waals surface area contributed by atoms with Crippen molar-refractivity contribution in [2.24, 2.45) is 0 Å². The molecule has 0 saturated carbocycles. The number of nitriles is 4. The maximum absolute atomic E-state index is 12.6. The molecule has 0 amide bonds. The average molecular weight is 1270 g/mol. The summed E-state index contributed by atoms with van der Waals surface area (Å²) in [6.45, 7) is 0. The molecular formula is C92H50N8. The van der Waals surface area contributed by atoms with Crippen LogP contribution in [0.4, 0.5) is 0 Å². The fourth-order valence-corrected chi connectivity index (χ4v) is 16.5. The monoisotopic (exact) mass is 1270 g/mol. The molecule has 0 unspecified atom stereocenters. The number of benzene rings is 16. The molecule has 8 heteroatoms. The zero-order valence-corrected chi connectivity index (χ0v) is 53.4. The van der Waals surface area contributed by atoms with Crippen LogP contribution in [-0.4, -0.2) is 18.3 Å². The average Bonchev–Trinajstić information content (AvgIpc) is 1.51. The minimum absolute atomic E-state index is 0.378. The first kappa shape index (κ1) is 56.1. The number of para-hydroxylation sites is 2. The standard InChI is InChI=1S/C92H50N8/c93-51-55-42-85(97-79-32-15-13-29-69(79)73-44-60-24-7-8-25-61(60)48-87(73)97)78(54-96)86(43-55)98-80-33-16-14-30-70(80)74-50-71-64(49-88(74)98)26-17-31-68(71)72-47-65(52-94)91(99-81-38-36-62(56-18-3-1-4-19-56)45-75(81)89-66-27-11-9-22-58(66)34-40-83(89)99)92(77(72)53-95)100-82-39-37-63(57-20-5-2-6-21-57)46-76(82)90-67-28-12-10-23-59(67)35-41-84(90)100/h1-50H. The number of nitrogens with zero attached hydrogens (tertiary/aromatic N) is 8. The van der Waals surface area contributed by atoms with Crippen molar-refractivity contribution in [1.82, 2.24) is 18.3 Å². The van der Waals surface area contributed by atoms with Crippen LogP contribution in [0.25, 0.3) is 186 Å². The molecule has 16 aromatic carbocycles. The van der Waals surface area contributed by atoms with Crippen LogP contribution >= 0.6 is 0 Å². The second kappa shape index (κ2) is 21.6. The van der Waals surface area contributed by atoms with E-state index in [4.69, 9.17) is 0 Å². The summed E-state index contributed by atoms with van der Waals surface area (Å²) in [6.07, 6.45) is 0. The Morgan fingerprint density at radius 2 is 0.670 bits per heavy atom. The SMILES string of the molecule is N#Cc1cc(-n2c3ccccc3c3cc4ccccc4cc32)c(C#N)c(-n2c3ccccc3c3cc4c(-c5cc(C#N)c(-n6c7ccc(-c8ccccc8)cc7c7c8ccccc8ccc76)c(-n6c7ccc(-c8ccccc8)cc7c7c8ccccc8ccc76)c5C#N)cccc4cc32)c1. The van der Waals surface area contributed by atoms with Crippen LogP contribution in [0, 0.1) is 45.3 Å². The van der Waals surface area contributed by atoms with E-state index in [1.165, 1.54) is 0 Å². The molecule has 0 aliphatic heterocycles. The van der Waals surface area contributed by atoms with Gasteiger partial charge in [-0.15, -0.1) is 0 Å². The van der Waals surface area contributed by atoms with Gasteiger partial charge in [-0.2, -0.15) is 21.0 Å². The molecular weight excluding hydrogens is 1220 g/mol. The molecule has 20 rings (SSSR count). The van der Waals surface area contributed by atoms with Gasteiger partial charge in [-0.25, -0.2) is 0 Å². The van der Waals surface area contributed by atoms with E-state index >= 15 is 0 Å². The van der Waals surface area contributed by atoms with Crippen molar-refractivity contribution in [2.45, 2.75) is 0 Å². The van der Waals surface area contributed by atoms with E-state index in [1.807, 2.05) is 72.8 Å². The zero-order valence-electron chi connectivity index (χ0n) is 53.4. The van der Waals surface area contributed by atoms with Crippen LogP contribution in [-0.2, 0) is 0 Å². The summed E-state index contributed by atoms with van der Waals surface area (Å²) in [7, 11) is 0. The number of fused-ring (bicyclic) bond motifs is 18. The quantitative estimate of drug-likeness (QED) is 0.158. The van der Waals surface area contributed by atoms with Gasteiger partial charge in [-0.05, 0) is 162 Å². The number of hydrogen-bond donors (Lipinski definition) is 0. The normalized spacial score (nSPS) is 11.8. The number of hydrogen-bond acceptors (Lipinski definition) is 4. The highest BCUT2D eigenvalue weighted by Gasteiger charge is 2.31. The second-order valence-corrected chi connectivity index (χ2v) is 25.9. The van der Waals surface area contributed by atoms with E-state index in [0.717, 1.165) is 158 Å². The van der Waals surface area contributed by atoms with E-state index in [0.29, 0.717) is 50.6 Å². The fraction of sp³-hybridized carbons (Fsp3) is 0. The van der Waals surface area contributed by atoms with Gasteiger partial charge < -0.3 is 18.3 Å². The van der Waals surface area contributed by atoms with E-state index in [2.05, 4.69) is 273 Å². The first-order valence-electron chi connectivity index (χ1n) is 33.4. The predicted molar refractivity (Wildman–Crippen MR) is 409 cm³/mol. The topological polar surface area (TPSA) is 115 Å². The summed E-state index contributed by atoms with van der Waals surface area (Å²) in [5.74, 6) is 0. The second-order valence-electron chi connectivity index (χ2n) is 25.9. The molecule has 458 valence electrons. The van der Waals surface area contributed by atoms with Crippen molar-refractivity contribution < 1.29 is 0 Å². The van der Waals surface area contributed by atoms with Crippen molar-refractivity contribution >= 4 is 130 Å². The Bertz CT molecular complexity index is 7190. The highest BCUT2D eigenvalue weighted by atomic mass is 15.1. The van der Waals surface area contributed by atoms with E-state index in [-0.39, 0.29) is 0 Å². The van der Waals surface area contributed by atoms with Crippen LogP contribution in [0.1, 0.15) is 22.3 Å². The van der Waals surface area contributed by atoms with E-state index < -0.39 is 0 Å². The molecule has 8 nitrogen and oxygen atoms in total. The first-order chi connectivity index (χ1) is 49.4. The Balaban J connectivity index is 0.888. The fourth-order valence-electron chi connectivity index (χ4n) is 16.5. The molecule has 20 aromatic rings. The van der Waals surface area contributed by atoms with Crippen LogP contribution in [0.3, 0.4) is 0 Å². The van der Waals surface area contributed by atoms with Gasteiger partial charge in [0.15, 0.2) is 0 Å². The summed E-state index contributed by atoms with van der Waals surface area (Å²) in [4.78, 5) is 0. The lowest BCUT2D eigenvalue weighted by molar-refractivity contribution is 1.08. The maximum atomic E-state index is 12.6. The van der Waals surface area contributed by atoms with Gasteiger partial charge >= 0.3 is 0 Å². The van der Waals surface area contributed by atoms with Gasteiger partial charge in [0.1, 0.15) is 23.8 Å². The molecule has 100 heavy (non-hydrogen) atoms. The van der Waals surface area contributed by atoms with Crippen molar-refractivity contribution in [2.75, 3.05) is 0 Å². The molecule has 0 aliphatic carbocycles. The third-order valence-corrected chi connectivity index (χ3v) is 20.8. The zero-order chi connectivity index (χ0) is 66.4. The Hall–Kier alpha value is -14.3. The predicted octanol–water partition coefficient (Wildman–Crippen LogP) is 23.2. The molecule has 0 aliphatic rings. The molecule has 0 spiro atoms. The van der Waals surface area contributed by atoms with E-state index in [9.17, 15) is 21.0 Å². The third kappa shape index (κ3) is 8.05. The van der Waals surface area contributed by atoms with E-state index in [1.54, 1.807) is 0 Å². The smallest absolute Gasteiger partial charge is 0.104 e. The van der Waals surface area contributed by atoms with Gasteiger partial charge in [0.05, 0.1) is 89.6 Å². The number of aromatic nitrogens is 4. The summed E-state index contributed by atoms with van der Waals surface area (Å²) in [6, 6.07) is 116. The molecule has 0 atom stereocenters. The lowest BCUT2D eigenvalue weighted by atomic mass is 9.90. The van der Waals surface area contributed by atoms with Gasteiger partial charge in [-0.1, -0.05) is 212 Å². The largest absolute Gasteiger partial charge is 0.308 e. The first-order valence-corrected chi connectivity index (χ1v) is 33.4. The Morgan fingerprint density at radius 3 is 1.21 bits per heavy atom. The Kier molecular flexibility index (Phi) is 12.1. The van der Waals surface area contributed by atoms with Crippen molar-refractivity contribution in [3.05, 3.63) is 326 Å². The summed E-state index contributed by atoms with van der Waals surface area (Å²) >= 11 is 0. The van der Waals surface area contributed by atoms with Crippen molar-refractivity contribution in [3.63, 3.8) is 0 Å². The number of rotatable bonds is 7. The van der Waals surface area contributed by atoms with Crippen molar-refractivity contribution in [1.29, 1.82) is 21.0 Å². The lowest BCUT2D eigenvalue weighted by Crippen LogP contribution is -2.10. The molecule has 4 aromatic heterocycles. The Labute approximate surface area is 572 Å². The highest BCUT2D eigenvalue weighted by Crippen LogP contribution is 2.49. The molecule has 0 N–H and O–H groups in total. The summed E-state index contributed by atoms with van der Waals surface area (Å²) < 4.78 is 8.79. The summed E-state index contributed by atoms with van der Waals surface area (Å²) in [5.41, 5.74) is 16.6. The lowest BCUT2D eigenvalue weighted by Gasteiger charge is -2.22. The molecule has 0 saturated heterocycles. The highest BCUT2D eigenvalue weighted by molar-refractivity contribution is 6.25. The Morgan fingerprint density at radius 1 is 0.220 bits per heavy atom. The molecule has 0 radical (unpaired) electrons. The van der Waals surface area contributed by atoms with Gasteiger partial charge in [0, 0.05) is 48.7 Å². The third-order valence-electron chi connectivity index (χ3n) is 20.8. The minimum atomic E-state index is 0.378. The van der Waals surface area contributed by atoms with Gasteiger partial charge in [-0.3, -0.25) is 0 Å². The minimum Gasteiger partial charge on any atom is -0.308 e. The van der Waals surface area contributed by atoms with Gasteiger partial charge in [0.25, 0.3) is 0 Å². The van der Waals surface area contributed by atoms with Crippen molar-refractivity contribution in [3.8, 4) is 80.4 Å². The van der Waals surface area contributed by atoms with Crippen LogP contribution in [0.2, 0.25) is 0 Å².